The van der Waals surface area contributed by atoms with Crippen LogP contribution in [0.2, 0.25) is 0 Å². The molecule has 0 aromatic carbocycles. The number of aromatic carboxylic acids is 1. The van der Waals surface area contributed by atoms with E-state index >= 15 is 0 Å². The van der Waals surface area contributed by atoms with E-state index in [0.717, 1.165) is 11.8 Å². The number of nitrogens with one attached hydrogen (secondary N) is 1. The third-order valence-electron chi connectivity index (χ3n) is 1.67. The molecule has 0 aliphatic heterocycles. The minimum Gasteiger partial charge on any atom is -0.478 e. The predicted molar refractivity (Wildman–Crippen MR) is 65.3 cm³/mol. The van der Waals surface area contributed by atoms with Crippen LogP contribution in [0.4, 0.5) is 0 Å². The van der Waals surface area contributed by atoms with Gasteiger partial charge in [-0.2, -0.15) is 4.98 Å². The van der Waals surface area contributed by atoms with Crippen LogP contribution in [0, 0.1) is 6.92 Å². The maximum atomic E-state index is 11.1. The molecule has 0 unspecified atom stereocenters. The van der Waals surface area contributed by atoms with Gasteiger partial charge in [-0.3, -0.25) is 0 Å². The summed E-state index contributed by atoms with van der Waals surface area (Å²) in [5, 5.41) is 9.20. The zero-order valence-corrected chi connectivity index (χ0v) is 10.8. The first-order valence-electron chi connectivity index (χ1n) is 4.22. The number of aryl methyl sites for hydroxylation is 1. The van der Waals surface area contributed by atoms with E-state index in [-0.39, 0.29) is 10.6 Å². The number of aromatic nitrogens is 2. The maximum absolute atomic E-state index is 11.1. The first-order valence-corrected chi connectivity index (χ1v) is 6.00. The summed E-state index contributed by atoms with van der Waals surface area (Å²) in [7, 11) is 0. The summed E-state index contributed by atoms with van der Waals surface area (Å²) in [4.78, 5) is 28.1. The Hall–Kier alpha value is -1.08. The minimum absolute atomic E-state index is 0.0263. The van der Waals surface area contributed by atoms with Gasteiger partial charge in [0.15, 0.2) is 0 Å². The van der Waals surface area contributed by atoms with Gasteiger partial charge in [-0.15, -0.1) is 0 Å². The first kappa shape index (κ1) is 13.0. The van der Waals surface area contributed by atoms with Gasteiger partial charge in [0.25, 0.3) is 0 Å². The van der Waals surface area contributed by atoms with Gasteiger partial charge in [0.1, 0.15) is 10.6 Å². The van der Waals surface area contributed by atoms with Gasteiger partial charge in [-0.05, 0) is 11.4 Å². The number of hydrogen-bond donors (Lipinski definition) is 2. The van der Waals surface area contributed by atoms with Crippen LogP contribution in [0.25, 0.3) is 0 Å². The van der Waals surface area contributed by atoms with Gasteiger partial charge in [-0.25, -0.2) is 9.59 Å². The van der Waals surface area contributed by atoms with Crippen molar-refractivity contribution in [2.45, 2.75) is 11.9 Å². The van der Waals surface area contributed by atoms with Crippen LogP contribution < -0.4 is 5.69 Å². The van der Waals surface area contributed by atoms with Crippen molar-refractivity contribution in [2.75, 3.05) is 5.75 Å². The van der Waals surface area contributed by atoms with Gasteiger partial charge >= 0.3 is 11.7 Å². The topological polar surface area (TPSA) is 83.0 Å². The fourth-order valence-electron chi connectivity index (χ4n) is 1.06. The lowest BCUT2D eigenvalue weighted by Gasteiger charge is -2.05. The Morgan fingerprint density at radius 2 is 2.31 bits per heavy atom. The Bertz CT molecular complexity index is 498. The van der Waals surface area contributed by atoms with Crippen LogP contribution in [0.15, 0.2) is 20.9 Å². The van der Waals surface area contributed by atoms with Crippen LogP contribution in [-0.2, 0) is 0 Å². The highest BCUT2D eigenvalue weighted by Crippen LogP contribution is 2.23. The Balaban J connectivity index is 3.19. The van der Waals surface area contributed by atoms with Crippen molar-refractivity contribution in [3.8, 4) is 0 Å². The van der Waals surface area contributed by atoms with Crippen molar-refractivity contribution in [3.63, 3.8) is 0 Å². The molecule has 16 heavy (non-hydrogen) atoms. The average molecular weight is 305 g/mol. The Labute approximate surface area is 104 Å². The van der Waals surface area contributed by atoms with E-state index in [1.165, 1.54) is 6.92 Å². The molecule has 0 saturated heterocycles. The van der Waals surface area contributed by atoms with Gasteiger partial charge < -0.3 is 10.1 Å². The Kier molecular flexibility index (Phi) is 4.31. The van der Waals surface area contributed by atoms with Crippen LogP contribution in [-0.4, -0.2) is 26.8 Å². The lowest BCUT2D eigenvalue weighted by atomic mass is 10.2. The highest BCUT2D eigenvalue weighted by Gasteiger charge is 2.16. The number of carboxylic acid groups (broad SMARTS) is 1. The number of rotatable bonds is 4. The van der Waals surface area contributed by atoms with Crippen LogP contribution in [0.3, 0.4) is 0 Å². The largest absolute Gasteiger partial charge is 0.478 e. The molecule has 1 aromatic rings. The monoisotopic (exact) mass is 304 g/mol. The summed E-state index contributed by atoms with van der Waals surface area (Å²) in [6, 6.07) is 0. The quantitative estimate of drug-likeness (QED) is 0.654. The number of H-pyrrole nitrogens is 1. The molecular formula is C9H9BrN2O3S. The second-order valence-electron chi connectivity index (χ2n) is 2.96. The third-order valence-corrected chi connectivity index (χ3v) is 3.38. The molecule has 0 aliphatic carbocycles. The smallest absolute Gasteiger partial charge is 0.346 e. The maximum Gasteiger partial charge on any atom is 0.346 e. The van der Waals surface area contributed by atoms with E-state index in [4.69, 9.17) is 5.11 Å². The van der Waals surface area contributed by atoms with E-state index in [9.17, 15) is 9.59 Å². The first-order chi connectivity index (χ1) is 7.41. The normalized spacial score (nSPS) is 10.1. The van der Waals surface area contributed by atoms with E-state index in [0.29, 0.717) is 15.9 Å². The average Bonchev–Trinajstić information content (AvgIpc) is 2.12. The van der Waals surface area contributed by atoms with E-state index in [1.54, 1.807) is 0 Å². The number of aromatic amines is 1. The summed E-state index contributed by atoms with van der Waals surface area (Å²) in [5.74, 6) is -0.653. The van der Waals surface area contributed by atoms with Crippen molar-refractivity contribution in [3.05, 3.63) is 32.8 Å². The third kappa shape index (κ3) is 3.21. The molecule has 0 saturated carbocycles. The van der Waals surface area contributed by atoms with Gasteiger partial charge in [-0.1, -0.05) is 34.3 Å². The van der Waals surface area contributed by atoms with Gasteiger partial charge in [0.2, 0.25) is 0 Å². The number of carbonyl (C=O) groups is 1. The number of thioether (sulfide) groups is 1. The molecule has 1 heterocycles. The van der Waals surface area contributed by atoms with E-state index in [2.05, 4.69) is 32.5 Å². The number of halogens is 1. The minimum atomic E-state index is -1.11. The molecule has 0 atom stereocenters. The second kappa shape index (κ2) is 5.31. The zero-order chi connectivity index (χ0) is 12.3. The molecular weight excluding hydrogens is 296 g/mol. The number of hydrogen-bond acceptors (Lipinski definition) is 4. The van der Waals surface area contributed by atoms with Crippen molar-refractivity contribution in [1.29, 1.82) is 0 Å². The van der Waals surface area contributed by atoms with Crippen LogP contribution >= 0.6 is 27.7 Å². The fourth-order valence-corrected chi connectivity index (χ4v) is 2.23. The molecule has 0 radical (unpaired) electrons. The summed E-state index contributed by atoms with van der Waals surface area (Å²) < 4.78 is 0.702. The summed E-state index contributed by atoms with van der Waals surface area (Å²) in [6.45, 7) is 5.15. The predicted octanol–water partition coefficient (Wildman–Crippen LogP) is 1.78. The summed E-state index contributed by atoms with van der Waals surface area (Å²) >= 11 is 4.31. The van der Waals surface area contributed by atoms with Gasteiger partial charge in [0.05, 0.1) is 0 Å². The summed E-state index contributed by atoms with van der Waals surface area (Å²) in [5.41, 5.74) is -0.223. The van der Waals surface area contributed by atoms with Crippen molar-refractivity contribution in [2.24, 2.45) is 0 Å². The summed E-state index contributed by atoms with van der Waals surface area (Å²) in [6.07, 6.45) is 0. The highest BCUT2D eigenvalue weighted by atomic mass is 79.9. The zero-order valence-electron chi connectivity index (χ0n) is 8.41. The lowest BCUT2D eigenvalue weighted by Crippen LogP contribution is -2.18. The molecule has 1 aromatic heterocycles. The van der Waals surface area contributed by atoms with Crippen molar-refractivity contribution >= 4 is 33.7 Å². The Morgan fingerprint density at radius 1 is 1.69 bits per heavy atom. The SMILES string of the molecule is C=C(Br)CSc1nc(=O)[nH]c(C)c1C(=O)O. The Morgan fingerprint density at radius 3 is 2.81 bits per heavy atom. The number of carboxylic acids is 1. The second-order valence-corrected chi connectivity index (χ2v) is 5.04. The molecule has 0 amide bonds. The van der Waals surface area contributed by atoms with Crippen molar-refractivity contribution < 1.29 is 9.90 Å². The van der Waals surface area contributed by atoms with Crippen LogP contribution in [0.1, 0.15) is 16.1 Å². The van der Waals surface area contributed by atoms with Crippen LogP contribution in [0.5, 0.6) is 0 Å². The molecule has 5 nitrogen and oxygen atoms in total. The van der Waals surface area contributed by atoms with Gasteiger partial charge in [0, 0.05) is 11.4 Å². The molecule has 7 heteroatoms. The molecule has 2 N–H and O–H groups in total. The molecule has 86 valence electrons. The molecule has 1 rings (SSSR count). The van der Waals surface area contributed by atoms with Crippen molar-refractivity contribution in [1.82, 2.24) is 9.97 Å². The highest BCUT2D eigenvalue weighted by molar-refractivity contribution is 9.11. The molecule has 0 aliphatic rings. The molecule has 0 fully saturated rings. The number of nitrogens with zero attached hydrogens (tertiary/aromatic N) is 1. The molecule has 0 spiro atoms. The molecule has 0 bridgehead atoms. The fraction of sp³-hybridized carbons (Fsp3) is 0.222. The lowest BCUT2D eigenvalue weighted by molar-refractivity contribution is 0.0690. The van der Waals surface area contributed by atoms with E-state index in [1.807, 2.05) is 0 Å². The van der Waals surface area contributed by atoms with E-state index < -0.39 is 11.7 Å². The standard InChI is InChI=1S/C9H9BrN2O3S/c1-4(10)3-16-7-6(8(13)14)5(2)11-9(15)12-7/h1,3H2,2H3,(H,13,14)(H,11,12,15).